The minimum Gasteiger partial charge on any atom is -0.0933 e. The monoisotopic (exact) mass is 192 g/mol. The van der Waals surface area contributed by atoms with Crippen molar-refractivity contribution in [3.05, 3.63) is 11.6 Å². The van der Waals surface area contributed by atoms with Crippen molar-refractivity contribution < 1.29 is 0 Å². The van der Waals surface area contributed by atoms with E-state index in [1.165, 1.54) is 5.54 Å². The van der Waals surface area contributed by atoms with E-state index < -0.39 is 3.79 Å². The van der Waals surface area contributed by atoms with Crippen LogP contribution in [-0.2, 0) is 0 Å². The van der Waals surface area contributed by atoms with Crippen LogP contribution in [0.1, 0.15) is 6.42 Å². The summed E-state index contributed by atoms with van der Waals surface area (Å²) in [5, 5.41) is 0. The first-order valence-corrected chi connectivity index (χ1v) is 3.45. The quantitative estimate of drug-likeness (QED) is 0.560. The Hall–Kier alpha value is 0.900. The van der Waals surface area contributed by atoms with Gasteiger partial charge in [-0.1, -0.05) is 52.5 Å². The lowest BCUT2D eigenvalue weighted by Gasteiger charge is -2.04. The third-order valence-electron chi connectivity index (χ3n) is 0.438. The molecule has 0 bridgehead atoms. The number of allylic oxidation sites excluding steroid dienone is 1. The molecule has 48 valence electrons. The van der Waals surface area contributed by atoms with Crippen molar-refractivity contribution in [1.29, 1.82) is 0 Å². The van der Waals surface area contributed by atoms with E-state index in [1.807, 2.05) is 0 Å². The van der Waals surface area contributed by atoms with E-state index in [0.29, 0.717) is 6.42 Å². The second kappa shape index (κ2) is 3.84. The molecule has 0 aromatic rings. The van der Waals surface area contributed by atoms with Crippen LogP contribution in [0.15, 0.2) is 11.6 Å². The minimum atomic E-state index is -1.20. The zero-order chi connectivity index (χ0) is 6.62. The first-order valence-electron chi connectivity index (χ1n) is 1.88. The van der Waals surface area contributed by atoms with E-state index in [2.05, 4.69) is 0 Å². The highest BCUT2D eigenvalue weighted by molar-refractivity contribution is 6.67. The second-order valence-corrected chi connectivity index (χ2v) is 3.95. The van der Waals surface area contributed by atoms with Crippen molar-refractivity contribution in [3.8, 4) is 0 Å². The van der Waals surface area contributed by atoms with Crippen LogP contribution in [0.5, 0.6) is 0 Å². The Labute approximate surface area is 68.4 Å². The molecule has 0 N–H and O–H groups in total. The Morgan fingerprint density at radius 2 is 1.75 bits per heavy atom. The first-order chi connectivity index (χ1) is 3.56. The molecule has 0 unspecified atom stereocenters. The first kappa shape index (κ1) is 8.90. The Kier molecular flexibility index (Phi) is 4.27. The lowest BCUT2D eigenvalue weighted by Crippen LogP contribution is -1.97. The molecule has 0 aromatic carbocycles. The standard InChI is InChI=1S/C4H4Cl4/c5-3-1-2-4(6,7)8/h1,3H,2H2. The summed E-state index contributed by atoms with van der Waals surface area (Å²) in [4.78, 5) is 0. The van der Waals surface area contributed by atoms with Gasteiger partial charge in [-0.25, -0.2) is 0 Å². The second-order valence-electron chi connectivity index (χ2n) is 1.18. The zero-order valence-electron chi connectivity index (χ0n) is 3.87. The molecule has 0 saturated carbocycles. The molecular formula is C4H4Cl4. The van der Waals surface area contributed by atoms with Gasteiger partial charge in [-0.3, -0.25) is 0 Å². The van der Waals surface area contributed by atoms with E-state index in [9.17, 15) is 0 Å². The third-order valence-corrected chi connectivity index (χ3v) is 1.08. The number of rotatable bonds is 1. The van der Waals surface area contributed by atoms with Gasteiger partial charge in [0.25, 0.3) is 0 Å². The van der Waals surface area contributed by atoms with E-state index in [0.717, 1.165) is 0 Å². The van der Waals surface area contributed by atoms with Gasteiger partial charge in [-0.2, -0.15) is 0 Å². The molecule has 0 aliphatic heterocycles. The molecule has 0 saturated heterocycles. The van der Waals surface area contributed by atoms with Crippen molar-refractivity contribution in [2.45, 2.75) is 10.2 Å². The fourth-order valence-electron chi connectivity index (χ4n) is 0.178. The number of halogens is 4. The molecule has 0 amide bonds. The van der Waals surface area contributed by atoms with Crippen LogP contribution < -0.4 is 0 Å². The van der Waals surface area contributed by atoms with Crippen molar-refractivity contribution in [2.75, 3.05) is 0 Å². The van der Waals surface area contributed by atoms with Crippen LogP contribution in [0.25, 0.3) is 0 Å². The molecule has 0 aliphatic rings. The number of hydrogen-bond acceptors (Lipinski definition) is 0. The van der Waals surface area contributed by atoms with Crippen LogP contribution in [0.3, 0.4) is 0 Å². The van der Waals surface area contributed by atoms with Gasteiger partial charge >= 0.3 is 0 Å². The maximum atomic E-state index is 5.33. The van der Waals surface area contributed by atoms with Crippen molar-refractivity contribution in [3.63, 3.8) is 0 Å². The molecule has 0 fully saturated rings. The average molecular weight is 194 g/mol. The summed E-state index contributed by atoms with van der Waals surface area (Å²) in [5.74, 6) is 0. The molecule has 0 heterocycles. The van der Waals surface area contributed by atoms with Gasteiger partial charge in [0.15, 0.2) is 3.79 Å². The fraction of sp³-hybridized carbons (Fsp3) is 0.500. The van der Waals surface area contributed by atoms with Gasteiger partial charge in [0.05, 0.1) is 0 Å². The largest absolute Gasteiger partial charge is 0.194 e. The molecule has 8 heavy (non-hydrogen) atoms. The minimum absolute atomic E-state index is 0.348. The average Bonchev–Trinajstić information content (AvgIpc) is 1.59. The van der Waals surface area contributed by atoms with E-state index in [4.69, 9.17) is 46.4 Å². The molecule has 0 spiro atoms. The molecule has 0 aliphatic carbocycles. The van der Waals surface area contributed by atoms with Gasteiger partial charge < -0.3 is 0 Å². The predicted molar refractivity (Wildman–Crippen MR) is 39.9 cm³/mol. The molecule has 0 nitrogen and oxygen atoms in total. The van der Waals surface area contributed by atoms with Crippen LogP contribution in [-0.4, -0.2) is 3.79 Å². The van der Waals surface area contributed by atoms with E-state index in [-0.39, 0.29) is 0 Å². The highest BCUT2D eigenvalue weighted by Gasteiger charge is 2.16. The van der Waals surface area contributed by atoms with E-state index >= 15 is 0 Å². The third kappa shape index (κ3) is 6.90. The zero-order valence-corrected chi connectivity index (χ0v) is 6.90. The lowest BCUT2D eigenvalue weighted by atomic mass is 10.5. The van der Waals surface area contributed by atoms with Gasteiger partial charge in [-0.15, -0.1) is 0 Å². The van der Waals surface area contributed by atoms with Crippen molar-refractivity contribution >= 4 is 46.4 Å². The summed E-state index contributed by atoms with van der Waals surface area (Å²) < 4.78 is -1.20. The predicted octanol–water partition coefficient (Wildman–Crippen LogP) is 3.50. The molecule has 0 radical (unpaired) electrons. The Balaban J connectivity index is 3.39. The lowest BCUT2D eigenvalue weighted by molar-refractivity contribution is 1.08. The highest BCUT2D eigenvalue weighted by atomic mass is 35.6. The van der Waals surface area contributed by atoms with Crippen LogP contribution in [0, 0.1) is 0 Å². The normalized spacial score (nSPS) is 13.0. The molecule has 0 atom stereocenters. The molecular weight excluding hydrogens is 190 g/mol. The van der Waals surface area contributed by atoms with Crippen molar-refractivity contribution in [1.82, 2.24) is 0 Å². The molecule has 4 heteroatoms. The smallest absolute Gasteiger partial charge is 0.0933 e. The summed E-state index contributed by atoms with van der Waals surface area (Å²) in [6.45, 7) is 0. The van der Waals surface area contributed by atoms with Crippen molar-refractivity contribution in [2.24, 2.45) is 0 Å². The maximum Gasteiger partial charge on any atom is 0.194 e. The SMILES string of the molecule is ClC=CCC(Cl)(Cl)Cl. The number of alkyl halides is 3. The van der Waals surface area contributed by atoms with Gasteiger partial charge in [0.1, 0.15) is 0 Å². The highest BCUT2D eigenvalue weighted by Crippen LogP contribution is 2.30. The summed E-state index contributed by atoms with van der Waals surface area (Å²) in [5.41, 5.74) is 1.32. The number of hydrogen-bond donors (Lipinski definition) is 0. The summed E-state index contributed by atoms with van der Waals surface area (Å²) in [7, 11) is 0. The topological polar surface area (TPSA) is 0 Å². The van der Waals surface area contributed by atoms with Crippen LogP contribution in [0.2, 0.25) is 0 Å². The maximum absolute atomic E-state index is 5.33. The fourth-order valence-corrected chi connectivity index (χ4v) is 0.535. The van der Waals surface area contributed by atoms with E-state index in [1.54, 1.807) is 6.08 Å². The Morgan fingerprint density at radius 3 is 1.88 bits per heavy atom. The van der Waals surface area contributed by atoms with Gasteiger partial charge in [0, 0.05) is 12.0 Å². The Bertz CT molecular complexity index is 80.5. The van der Waals surface area contributed by atoms with Crippen LogP contribution in [0.4, 0.5) is 0 Å². The Morgan fingerprint density at radius 1 is 1.25 bits per heavy atom. The summed E-state index contributed by atoms with van der Waals surface area (Å²) >= 11 is 21.1. The molecule has 0 rings (SSSR count). The summed E-state index contributed by atoms with van der Waals surface area (Å²) in [6.07, 6.45) is 1.93. The van der Waals surface area contributed by atoms with Gasteiger partial charge in [-0.05, 0) is 0 Å². The summed E-state index contributed by atoms with van der Waals surface area (Å²) in [6, 6.07) is 0. The van der Waals surface area contributed by atoms with Crippen LogP contribution >= 0.6 is 46.4 Å². The molecule has 0 aromatic heterocycles. The van der Waals surface area contributed by atoms with Gasteiger partial charge in [0.2, 0.25) is 0 Å².